The average molecular weight is 236 g/mol. The van der Waals surface area contributed by atoms with Crippen LogP contribution in [0.2, 0.25) is 0 Å². The van der Waals surface area contributed by atoms with E-state index in [1.165, 1.54) is 23.0 Å². The topological polar surface area (TPSA) is 93.8 Å². The van der Waals surface area contributed by atoms with Gasteiger partial charge < -0.3 is 5.73 Å². The third kappa shape index (κ3) is 2.39. The molecule has 0 aliphatic heterocycles. The number of anilines is 1. The van der Waals surface area contributed by atoms with E-state index in [-0.39, 0.29) is 12.2 Å². The summed E-state index contributed by atoms with van der Waals surface area (Å²) in [6.07, 6.45) is 3.70. The third-order valence-electron chi connectivity index (χ3n) is 2.15. The van der Waals surface area contributed by atoms with Crippen molar-refractivity contribution in [2.24, 2.45) is 0 Å². The lowest BCUT2D eigenvalue weighted by atomic mass is 10.3. The molecule has 0 atom stereocenters. The zero-order valence-electron chi connectivity index (χ0n) is 8.68. The molecule has 0 fully saturated rings. The number of rotatable bonds is 2. The molecule has 88 valence electrons. The van der Waals surface area contributed by atoms with Crippen LogP contribution in [0.5, 0.6) is 0 Å². The molecule has 17 heavy (non-hydrogen) atoms. The Balaban J connectivity index is 2.40. The molecule has 0 saturated carbocycles. The van der Waals surface area contributed by atoms with Crippen molar-refractivity contribution in [2.75, 3.05) is 5.73 Å². The van der Waals surface area contributed by atoms with Crippen LogP contribution in [0.15, 0.2) is 34.2 Å². The van der Waals surface area contributed by atoms with Gasteiger partial charge in [0.25, 0.3) is 5.56 Å². The molecular formula is C10H9FN4O2. The van der Waals surface area contributed by atoms with Crippen molar-refractivity contribution in [3.63, 3.8) is 0 Å². The van der Waals surface area contributed by atoms with Gasteiger partial charge in [-0.15, -0.1) is 0 Å². The minimum atomic E-state index is -0.636. The molecule has 6 nitrogen and oxygen atoms in total. The third-order valence-corrected chi connectivity index (χ3v) is 2.15. The van der Waals surface area contributed by atoms with Crippen LogP contribution in [0.1, 0.15) is 5.56 Å². The standard InChI is InChI=1S/C10H9FN4O2/c11-7-1-6(2-13-3-7)4-15-5-8(12)9(16)14-10(15)17/h1-3,5H,4,12H2,(H,14,16,17). The first kappa shape index (κ1) is 11.1. The number of nitrogens with two attached hydrogens (primary N) is 1. The average Bonchev–Trinajstić information content (AvgIpc) is 2.26. The zero-order valence-corrected chi connectivity index (χ0v) is 8.68. The molecule has 0 aliphatic carbocycles. The van der Waals surface area contributed by atoms with Crippen molar-refractivity contribution in [1.29, 1.82) is 0 Å². The molecule has 3 N–H and O–H groups in total. The van der Waals surface area contributed by atoms with E-state index in [1.807, 2.05) is 0 Å². The van der Waals surface area contributed by atoms with Crippen LogP contribution in [0.25, 0.3) is 0 Å². The summed E-state index contributed by atoms with van der Waals surface area (Å²) < 4.78 is 14.1. The van der Waals surface area contributed by atoms with Gasteiger partial charge in [-0.05, 0) is 11.6 Å². The van der Waals surface area contributed by atoms with Crippen LogP contribution in [0.4, 0.5) is 10.1 Å². The van der Waals surface area contributed by atoms with E-state index >= 15 is 0 Å². The normalized spacial score (nSPS) is 10.4. The Morgan fingerprint density at radius 1 is 1.41 bits per heavy atom. The number of aromatic amines is 1. The van der Waals surface area contributed by atoms with E-state index in [9.17, 15) is 14.0 Å². The first-order valence-electron chi connectivity index (χ1n) is 4.75. The van der Waals surface area contributed by atoms with Gasteiger partial charge in [0.05, 0.1) is 12.7 Å². The van der Waals surface area contributed by atoms with Gasteiger partial charge in [-0.1, -0.05) is 0 Å². The molecule has 7 heteroatoms. The molecular weight excluding hydrogens is 227 g/mol. The molecule has 0 bridgehead atoms. The van der Waals surface area contributed by atoms with E-state index in [4.69, 9.17) is 5.73 Å². The van der Waals surface area contributed by atoms with E-state index < -0.39 is 17.1 Å². The van der Waals surface area contributed by atoms with Gasteiger partial charge in [0.2, 0.25) is 0 Å². The fourth-order valence-corrected chi connectivity index (χ4v) is 1.38. The van der Waals surface area contributed by atoms with Gasteiger partial charge in [-0.2, -0.15) is 0 Å². The van der Waals surface area contributed by atoms with Crippen molar-refractivity contribution in [3.8, 4) is 0 Å². The highest BCUT2D eigenvalue weighted by Crippen LogP contribution is 2.02. The summed E-state index contributed by atoms with van der Waals surface area (Å²) in [5.74, 6) is -0.493. The second-order valence-electron chi connectivity index (χ2n) is 3.48. The number of nitrogens with zero attached hydrogens (tertiary/aromatic N) is 2. The molecule has 2 rings (SSSR count). The van der Waals surface area contributed by atoms with E-state index in [1.54, 1.807) is 0 Å². The Labute approximate surface area is 94.6 Å². The summed E-state index contributed by atoms with van der Waals surface area (Å²) in [4.78, 5) is 28.2. The van der Waals surface area contributed by atoms with Crippen LogP contribution in [-0.4, -0.2) is 14.5 Å². The summed E-state index contributed by atoms with van der Waals surface area (Å²) >= 11 is 0. The highest BCUT2D eigenvalue weighted by atomic mass is 19.1. The van der Waals surface area contributed by atoms with Crippen molar-refractivity contribution < 1.29 is 4.39 Å². The fraction of sp³-hybridized carbons (Fsp3) is 0.100. The van der Waals surface area contributed by atoms with Crippen molar-refractivity contribution in [2.45, 2.75) is 6.54 Å². The van der Waals surface area contributed by atoms with Gasteiger partial charge in [-0.3, -0.25) is 19.3 Å². The molecule has 0 unspecified atom stereocenters. The number of H-pyrrole nitrogens is 1. The highest BCUT2D eigenvalue weighted by Gasteiger charge is 2.03. The Morgan fingerprint density at radius 2 is 2.18 bits per heavy atom. The lowest BCUT2D eigenvalue weighted by Gasteiger charge is -2.05. The molecule has 0 aliphatic rings. The van der Waals surface area contributed by atoms with Crippen LogP contribution in [0, 0.1) is 5.82 Å². The van der Waals surface area contributed by atoms with Gasteiger partial charge in [0, 0.05) is 12.4 Å². The van der Waals surface area contributed by atoms with Crippen LogP contribution in [-0.2, 0) is 6.54 Å². The molecule has 2 heterocycles. The molecule has 0 saturated heterocycles. The lowest BCUT2D eigenvalue weighted by molar-refractivity contribution is 0.614. The van der Waals surface area contributed by atoms with Gasteiger partial charge >= 0.3 is 5.69 Å². The second-order valence-corrected chi connectivity index (χ2v) is 3.48. The van der Waals surface area contributed by atoms with Crippen LogP contribution < -0.4 is 17.0 Å². The largest absolute Gasteiger partial charge is 0.393 e. The second kappa shape index (κ2) is 4.20. The number of hydrogen-bond donors (Lipinski definition) is 2. The quantitative estimate of drug-likeness (QED) is 0.748. The summed E-state index contributed by atoms with van der Waals surface area (Å²) in [6.45, 7) is 0.0879. The Morgan fingerprint density at radius 3 is 2.88 bits per heavy atom. The maximum absolute atomic E-state index is 12.9. The van der Waals surface area contributed by atoms with Gasteiger partial charge in [0.15, 0.2) is 0 Å². The minimum Gasteiger partial charge on any atom is -0.393 e. The Bertz CT molecular complexity index is 662. The fourth-order valence-electron chi connectivity index (χ4n) is 1.38. The van der Waals surface area contributed by atoms with Crippen LogP contribution >= 0.6 is 0 Å². The van der Waals surface area contributed by atoms with Gasteiger partial charge in [-0.25, -0.2) is 9.18 Å². The molecule has 0 spiro atoms. The van der Waals surface area contributed by atoms with Crippen molar-refractivity contribution >= 4 is 5.69 Å². The Kier molecular flexibility index (Phi) is 2.73. The van der Waals surface area contributed by atoms with Crippen molar-refractivity contribution in [3.05, 3.63) is 56.9 Å². The summed E-state index contributed by atoms with van der Waals surface area (Å²) in [7, 11) is 0. The molecule has 0 radical (unpaired) electrons. The highest BCUT2D eigenvalue weighted by molar-refractivity contribution is 5.30. The summed E-state index contributed by atoms with van der Waals surface area (Å²) in [5.41, 5.74) is 4.56. The monoisotopic (exact) mass is 236 g/mol. The first-order chi connectivity index (χ1) is 8.06. The minimum absolute atomic E-state index is 0.0750. The predicted octanol–water partition coefficient (Wildman–Crippen LogP) is -0.299. The smallest absolute Gasteiger partial charge is 0.328 e. The molecule has 0 aromatic carbocycles. The number of nitrogens with one attached hydrogen (secondary N) is 1. The number of hydrogen-bond acceptors (Lipinski definition) is 4. The summed E-state index contributed by atoms with van der Waals surface area (Å²) in [6, 6.07) is 1.25. The number of aromatic nitrogens is 3. The zero-order chi connectivity index (χ0) is 12.4. The number of halogens is 1. The SMILES string of the molecule is Nc1cn(Cc2cncc(F)c2)c(=O)[nH]c1=O. The predicted molar refractivity (Wildman–Crippen MR) is 59.0 cm³/mol. The lowest BCUT2D eigenvalue weighted by Crippen LogP contribution is -2.31. The first-order valence-corrected chi connectivity index (χ1v) is 4.75. The van der Waals surface area contributed by atoms with Crippen molar-refractivity contribution in [1.82, 2.24) is 14.5 Å². The maximum Gasteiger partial charge on any atom is 0.328 e. The molecule has 0 amide bonds. The Hall–Kier alpha value is -2.44. The van der Waals surface area contributed by atoms with Gasteiger partial charge in [0.1, 0.15) is 11.5 Å². The summed E-state index contributed by atoms with van der Waals surface area (Å²) in [5, 5.41) is 0. The molecule has 2 aromatic heterocycles. The molecule has 2 aromatic rings. The number of pyridine rings is 1. The number of nitrogen functional groups attached to an aromatic ring is 1. The van der Waals surface area contributed by atoms with E-state index in [2.05, 4.69) is 9.97 Å². The maximum atomic E-state index is 12.9. The van der Waals surface area contributed by atoms with E-state index in [0.717, 1.165) is 6.20 Å². The van der Waals surface area contributed by atoms with Crippen LogP contribution in [0.3, 0.4) is 0 Å². The van der Waals surface area contributed by atoms with E-state index in [0.29, 0.717) is 5.56 Å².